The standard InChI is InChI=1S/C21H20FNO3S/c1-4-27-16-6-8-20(23-12-16)26-19-9-14(10-21(24)25-3)13(2)17-7-5-15(22)11-18(17)19/h5-9,11-12H,4,10H2,1-3H3. The van der Waals surface area contributed by atoms with Gasteiger partial charge in [0.2, 0.25) is 5.88 Å². The van der Waals surface area contributed by atoms with Gasteiger partial charge in [-0.15, -0.1) is 11.8 Å². The predicted octanol–water partition coefficient (Wildman–Crippen LogP) is 5.30. The van der Waals surface area contributed by atoms with Crippen LogP contribution in [0.15, 0.2) is 47.5 Å². The number of methoxy groups -OCH3 is 1. The van der Waals surface area contributed by atoms with E-state index in [0.717, 1.165) is 27.2 Å². The van der Waals surface area contributed by atoms with Crippen LogP contribution in [0.25, 0.3) is 10.8 Å². The number of nitrogens with zero attached hydrogens (tertiary/aromatic N) is 1. The fraction of sp³-hybridized carbons (Fsp3) is 0.238. The third-order valence-electron chi connectivity index (χ3n) is 4.24. The molecular formula is C21H20FNO3S. The molecule has 0 aliphatic heterocycles. The number of aromatic nitrogens is 1. The first-order chi connectivity index (χ1) is 13.0. The van der Waals surface area contributed by atoms with Gasteiger partial charge in [-0.05, 0) is 53.5 Å². The van der Waals surface area contributed by atoms with Crippen LogP contribution in [-0.2, 0) is 16.0 Å². The quantitative estimate of drug-likeness (QED) is 0.425. The third-order valence-corrected chi connectivity index (χ3v) is 5.10. The lowest BCUT2D eigenvalue weighted by atomic mass is 9.97. The lowest BCUT2D eigenvalue weighted by Gasteiger charge is -2.14. The van der Waals surface area contributed by atoms with E-state index >= 15 is 0 Å². The number of halogens is 1. The van der Waals surface area contributed by atoms with Crippen LogP contribution in [-0.4, -0.2) is 23.8 Å². The number of aryl methyl sites for hydroxylation is 1. The van der Waals surface area contributed by atoms with Crippen LogP contribution in [0.1, 0.15) is 18.1 Å². The minimum absolute atomic E-state index is 0.117. The van der Waals surface area contributed by atoms with E-state index in [4.69, 9.17) is 9.47 Å². The highest BCUT2D eigenvalue weighted by molar-refractivity contribution is 7.99. The molecular weight excluding hydrogens is 365 g/mol. The van der Waals surface area contributed by atoms with Gasteiger partial charge in [0.05, 0.1) is 13.5 Å². The highest BCUT2D eigenvalue weighted by atomic mass is 32.2. The number of hydrogen-bond acceptors (Lipinski definition) is 5. The summed E-state index contributed by atoms with van der Waals surface area (Å²) in [6.45, 7) is 3.97. The van der Waals surface area contributed by atoms with Gasteiger partial charge >= 0.3 is 5.97 Å². The number of esters is 1. The molecule has 2 aromatic carbocycles. The molecule has 0 radical (unpaired) electrons. The minimum Gasteiger partial charge on any atom is -0.469 e. The fourth-order valence-electron chi connectivity index (χ4n) is 2.85. The van der Waals surface area contributed by atoms with Crippen LogP contribution >= 0.6 is 11.8 Å². The molecule has 0 unspecified atom stereocenters. The third kappa shape index (κ3) is 4.39. The first-order valence-electron chi connectivity index (χ1n) is 8.57. The van der Waals surface area contributed by atoms with E-state index in [-0.39, 0.29) is 18.2 Å². The van der Waals surface area contributed by atoms with Crippen molar-refractivity contribution in [2.75, 3.05) is 12.9 Å². The van der Waals surface area contributed by atoms with Gasteiger partial charge in [0.15, 0.2) is 0 Å². The Hall–Kier alpha value is -2.60. The molecule has 0 aliphatic carbocycles. The first-order valence-corrected chi connectivity index (χ1v) is 9.55. The molecule has 1 aromatic heterocycles. The number of rotatable bonds is 6. The van der Waals surface area contributed by atoms with Gasteiger partial charge in [0.25, 0.3) is 0 Å². The van der Waals surface area contributed by atoms with E-state index in [1.54, 1.807) is 36.2 Å². The Kier molecular flexibility index (Phi) is 5.96. The van der Waals surface area contributed by atoms with Gasteiger partial charge in [-0.2, -0.15) is 0 Å². The average molecular weight is 385 g/mol. The normalized spacial score (nSPS) is 10.8. The summed E-state index contributed by atoms with van der Waals surface area (Å²) in [7, 11) is 1.35. The Morgan fingerprint density at radius 1 is 1.19 bits per heavy atom. The van der Waals surface area contributed by atoms with Gasteiger partial charge in [-0.1, -0.05) is 13.0 Å². The lowest BCUT2D eigenvalue weighted by molar-refractivity contribution is -0.139. The van der Waals surface area contributed by atoms with Gasteiger partial charge in [0, 0.05) is 22.5 Å². The second-order valence-corrected chi connectivity index (χ2v) is 7.31. The summed E-state index contributed by atoms with van der Waals surface area (Å²) < 4.78 is 24.6. The highest BCUT2D eigenvalue weighted by Crippen LogP contribution is 2.35. The zero-order valence-electron chi connectivity index (χ0n) is 15.4. The van der Waals surface area contributed by atoms with E-state index < -0.39 is 0 Å². The summed E-state index contributed by atoms with van der Waals surface area (Å²) in [5.41, 5.74) is 1.67. The van der Waals surface area contributed by atoms with E-state index in [1.807, 2.05) is 13.0 Å². The number of thioether (sulfide) groups is 1. The molecule has 0 amide bonds. The minimum atomic E-state index is -0.352. The van der Waals surface area contributed by atoms with Crippen molar-refractivity contribution in [1.82, 2.24) is 4.98 Å². The van der Waals surface area contributed by atoms with Gasteiger partial charge in [0.1, 0.15) is 11.6 Å². The smallest absolute Gasteiger partial charge is 0.309 e. The SMILES string of the molecule is CCSc1ccc(Oc2cc(CC(=O)OC)c(C)c3ccc(F)cc23)nc1. The number of fused-ring (bicyclic) bond motifs is 1. The van der Waals surface area contributed by atoms with E-state index in [2.05, 4.69) is 11.9 Å². The second kappa shape index (κ2) is 8.39. The molecule has 4 nitrogen and oxygen atoms in total. The molecule has 1 heterocycles. The molecule has 0 aliphatic rings. The van der Waals surface area contributed by atoms with Crippen molar-refractivity contribution in [3.8, 4) is 11.6 Å². The molecule has 0 saturated heterocycles. The lowest BCUT2D eigenvalue weighted by Crippen LogP contribution is -2.06. The number of carbonyl (C=O) groups excluding carboxylic acids is 1. The molecule has 6 heteroatoms. The van der Waals surface area contributed by atoms with Crippen molar-refractivity contribution in [3.05, 3.63) is 59.5 Å². The van der Waals surface area contributed by atoms with Crippen LogP contribution in [0.4, 0.5) is 4.39 Å². The number of hydrogen-bond donors (Lipinski definition) is 0. The van der Waals surface area contributed by atoms with E-state index in [1.165, 1.54) is 19.2 Å². The molecule has 0 spiro atoms. The molecule has 0 atom stereocenters. The fourth-order valence-corrected chi connectivity index (χ4v) is 3.48. The van der Waals surface area contributed by atoms with Crippen molar-refractivity contribution in [2.24, 2.45) is 0 Å². The largest absolute Gasteiger partial charge is 0.469 e. The van der Waals surface area contributed by atoms with Gasteiger partial charge in [-0.25, -0.2) is 9.37 Å². The topological polar surface area (TPSA) is 48.4 Å². The molecule has 0 fully saturated rings. The van der Waals surface area contributed by atoms with Crippen molar-refractivity contribution >= 4 is 28.5 Å². The maximum atomic E-state index is 13.8. The summed E-state index contributed by atoms with van der Waals surface area (Å²) in [5, 5.41) is 1.46. The maximum Gasteiger partial charge on any atom is 0.309 e. The zero-order chi connectivity index (χ0) is 19.4. The van der Waals surface area contributed by atoms with Crippen molar-refractivity contribution in [3.63, 3.8) is 0 Å². The first kappa shape index (κ1) is 19.2. The molecule has 27 heavy (non-hydrogen) atoms. The van der Waals surface area contributed by atoms with Crippen molar-refractivity contribution in [2.45, 2.75) is 25.2 Å². The molecule has 3 rings (SSSR count). The number of pyridine rings is 1. The van der Waals surface area contributed by atoms with Crippen LogP contribution in [0.5, 0.6) is 11.6 Å². The molecule has 0 bridgehead atoms. The summed E-state index contributed by atoms with van der Waals surface area (Å²) >= 11 is 1.69. The predicted molar refractivity (Wildman–Crippen MR) is 105 cm³/mol. The summed E-state index contributed by atoms with van der Waals surface area (Å²) in [6, 6.07) is 10.00. The summed E-state index contributed by atoms with van der Waals surface area (Å²) in [6.07, 6.45) is 1.86. The van der Waals surface area contributed by atoms with Gasteiger partial charge < -0.3 is 9.47 Å². The van der Waals surface area contributed by atoms with Crippen LogP contribution in [0.2, 0.25) is 0 Å². The monoisotopic (exact) mass is 385 g/mol. The number of ether oxygens (including phenoxy) is 2. The Morgan fingerprint density at radius 2 is 2.00 bits per heavy atom. The molecule has 140 valence electrons. The second-order valence-electron chi connectivity index (χ2n) is 5.97. The van der Waals surface area contributed by atoms with Crippen LogP contribution in [0, 0.1) is 12.7 Å². The molecule has 0 saturated carbocycles. The highest BCUT2D eigenvalue weighted by Gasteiger charge is 2.15. The van der Waals surface area contributed by atoms with Gasteiger partial charge in [-0.3, -0.25) is 4.79 Å². The summed E-state index contributed by atoms with van der Waals surface area (Å²) in [4.78, 5) is 17.1. The Morgan fingerprint density at radius 3 is 2.67 bits per heavy atom. The van der Waals surface area contributed by atoms with E-state index in [0.29, 0.717) is 17.0 Å². The Balaban J connectivity index is 2.05. The van der Waals surface area contributed by atoms with E-state index in [9.17, 15) is 9.18 Å². The Labute approximate surface area is 161 Å². The molecule has 0 N–H and O–H groups in total. The molecule has 3 aromatic rings. The van der Waals surface area contributed by atoms with Crippen LogP contribution < -0.4 is 4.74 Å². The zero-order valence-corrected chi connectivity index (χ0v) is 16.2. The summed E-state index contributed by atoms with van der Waals surface area (Å²) in [5.74, 6) is 1.13. The average Bonchev–Trinajstić information content (AvgIpc) is 2.67. The number of carbonyl (C=O) groups is 1. The van der Waals surface area contributed by atoms with Crippen LogP contribution in [0.3, 0.4) is 0 Å². The Bertz CT molecular complexity index is 973. The van der Waals surface area contributed by atoms with Crippen molar-refractivity contribution < 1.29 is 18.7 Å². The number of benzene rings is 2. The van der Waals surface area contributed by atoms with Crippen molar-refractivity contribution in [1.29, 1.82) is 0 Å². The maximum absolute atomic E-state index is 13.8.